The van der Waals surface area contributed by atoms with Gasteiger partial charge in [0.25, 0.3) is 0 Å². The molecular weight excluding hydrogens is 338 g/mol. The first kappa shape index (κ1) is 19.1. The number of hydrogen-bond acceptors (Lipinski definition) is 3. The average molecular weight is 365 g/mol. The molecule has 1 aromatic carbocycles. The Labute approximate surface area is 160 Å². The zero-order valence-corrected chi connectivity index (χ0v) is 16.1. The monoisotopic (exact) mass is 365 g/mol. The molecule has 0 bridgehead atoms. The number of nitrogens with zero attached hydrogens (tertiary/aromatic N) is 2. The maximum atomic E-state index is 12.8. The lowest BCUT2D eigenvalue weighted by Gasteiger charge is -2.41. The minimum atomic E-state index is -0.575. The van der Waals surface area contributed by atoms with Crippen molar-refractivity contribution in [1.82, 2.24) is 15.2 Å². The second kappa shape index (κ2) is 8.33. The van der Waals surface area contributed by atoms with Crippen molar-refractivity contribution in [1.29, 1.82) is 0 Å². The highest BCUT2D eigenvalue weighted by Gasteiger charge is 2.42. The van der Waals surface area contributed by atoms with Gasteiger partial charge in [0, 0.05) is 39.0 Å². The Morgan fingerprint density at radius 2 is 1.96 bits per heavy atom. The van der Waals surface area contributed by atoms with E-state index in [0.29, 0.717) is 19.4 Å². The van der Waals surface area contributed by atoms with Crippen LogP contribution in [0.2, 0.25) is 0 Å². The van der Waals surface area contributed by atoms with Crippen LogP contribution in [0, 0.1) is 5.41 Å². The third-order valence-corrected chi connectivity index (χ3v) is 5.42. The standard InChI is InChI=1S/C22H27N3O2/c1-3-20(26)25-13-5-10-22(16-25,21(27)23-2)15-17-6-4-7-19(14-17)18-8-11-24-12-9-18/h4,6-9,11-12,14H,3,5,10,13,15-16H2,1-2H3,(H,23,27)/t22-/m1/s1. The number of amides is 2. The molecule has 1 N–H and O–H groups in total. The van der Waals surface area contributed by atoms with Gasteiger partial charge in [-0.3, -0.25) is 14.6 Å². The molecule has 5 nitrogen and oxygen atoms in total. The number of hydrogen-bond donors (Lipinski definition) is 1. The fraction of sp³-hybridized carbons (Fsp3) is 0.409. The van der Waals surface area contributed by atoms with E-state index in [2.05, 4.69) is 28.5 Å². The Kier molecular flexibility index (Phi) is 5.89. The highest BCUT2D eigenvalue weighted by Crippen LogP contribution is 2.35. The lowest BCUT2D eigenvalue weighted by atomic mass is 9.74. The van der Waals surface area contributed by atoms with E-state index in [1.165, 1.54) is 0 Å². The molecule has 1 aliphatic heterocycles. The number of nitrogens with one attached hydrogen (secondary N) is 1. The third kappa shape index (κ3) is 4.18. The minimum Gasteiger partial charge on any atom is -0.359 e. The van der Waals surface area contributed by atoms with Crippen LogP contribution in [0.15, 0.2) is 48.8 Å². The van der Waals surface area contributed by atoms with E-state index in [9.17, 15) is 9.59 Å². The molecule has 1 fully saturated rings. The first-order valence-electron chi connectivity index (χ1n) is 9.57. The lowest BCUT2D eigenvalue weighted by molar-refractivity contribution is -0.141. The maximum Gasteiger partial charge on any atom is 0.228 e. The topological polar surface area (TPSA) is 62.3 Å². The van der Waals surface area contributed by atoms with Gasteiger partial charge in [-0.25, -0.2) is 0 Å². The zero-order valence-electron chi connectivity index (χ0n) is 16.1. The predicted molar refractivity (Wildman–Crippen MR) is 106 cm³/mol. The van der Waals surface area contributed by atoms with Crippen molar-refractivity contribution in [3.8, 4) is 11.1 Å². The molecule has 1 saturated heterocycles. The van der Waals surface area contributed by atoms with Crippen LogP contribution in [0.3, 0.4) is 0 Å². The SMILES string of the molecule is CCC(=O)N1CCC[C@](Cc2cccc(-c3ccncc3)c2)(C(=O)NC)C1. The van der Waals surface area contributed by atoms with E-state index >= 15 is 0 Å². The third-order valence-electron chi connectivity index (χ3n) is 5.42. The van der Waals surface area contributed by atoms with Crippen LogP contribution >= 0.6 is 0 Å². The lowest BCUT2D eigenvalue weighted by Crippen LogP contribution is -2.53. The van der Waals surface area contributed by atoms with Gasteiger partial charge in [0.1, 0.15) is 0 Å². The Bertz CT molecular complexity index is 806. The number of piperidine rings is 1. The van der Waals surface area contributed by atoms with E-state index in [4.69, 9.17) is 0 Å². The second-order valence-corrected chi connectivity index (χ2v) is 7.24. The number of carbonyl (C=O) groups is 2. The number of pyridine rings is 1. The number of benzene rings is 1. The van der Waals surface area contributed by atoms with Gasteiger partial charge >= 0.3 is 0 Å². The van der Waals surface area contributed by atoms with Crippen molar-refractivity contribution in [2.75, 3.05) is 20.1 Å². The molecule has 0 radical (unpaired) electrons. The van der Waals surface area contributed by atoms with Crippen LogP contribution in [0.1, 0.15) is 31.7 Å². The van der Waals surface area contributed by atoms with Crippen LogP contribution in [0.5, 0.6) is 0 Å². The molecule has 1 aliphatic rings. The molecule has 2 heterocycles. The number of aromatic nitrogens is 1. The maximum absolute atomic E-state index is 12.8. The van der Waals surface area contributed by atoms with E-state index in [1.54, 1.807) is 19.4 Å². The summed E-state index contributed by atoms with van der Waals surface area (Å²) in [6.45, 7) is 3.10. The molecule has 2 amide bonds. The normalized spacial score (nSPS) is 19.6. The van der Waals surface area contributed by atoms with Crippen molar-refractivity contribution < 1.29 is 9.59 Å². The number of rotatable bonds is 5. The van der Waals surface area contributed by atoms with Gasteiger partial charge in [-0.05, 0) is 48.1 Å². The van der Waals surface area contributed by atoms with Gasteiger partial charge < -0.3 is 10.2 Å². The van der Waals surface area contributed by atoms with Crippen LogP contribution in [-0.2, 0) is 16.0 Å². The number of likely N-dealkylation sites (tertiary alicyclic amines) is 1. The molecule has 1 atom stereocenters. The Morgan fingerprint density at radius 1 is 1.19 bits per heavy atom. The summed E-state index contributed by atoms with van der Waals surface area (Å²) in [5, 5.41) is 2.83. The second-order valence-electron chi connectivity index (χ2n) is 7.24. The summed E-state index contributed by atoms with van der Waals surface area (Å²) >= 11 is 0. The van der Waals surface area contributed by atoms with E-state index in [1.807, 2.05) is 30.0 Å². The van der Waals surface area contributed by atoms with Gasteiger partial charge in [0.2, 0.25) is 11.8 Å². The molecule has 2 aromatic rings. The average Bonchev–Trinajstić information content (AvgIpc) is 2.73. The fourth-order valence-electron chi connectivity index (χ4n) is 4.04. The van der Waals surface area contributed by atoms with E-state index in [0.717, 1.165) is 36.1 Å². The van der Waals surface area contributed by atoms with E-state index in [-0.39, 0.29) is 11.8 Å². The highest BCUT2D eigenvalue weighted by atomic mass is 16.2. The molecule has 27 heavy (non-hydrogen) atoms. The van der Waals surface area contributed by atoms with Crippen molar-refractivity contribution in [2.24, 2.45) is 5.41 Å². The first-order valence-corrected chi connectivity index (χ1v) is 9.57. The van der Waals surface area contributed by atoms with Gasteiger partial charge in [0.05, 0.1) is 5.41 Å². The van der Waals surface area contributed by atoms with Gasteiger partial charge in [0.15, 0.2) is 0 Å². The van der Waals surface area contributed by atoms with Crippen LogP contribution in [0.25, 0.3) is 11.1 Å². The quantitative estimate of drug-likeness (QED) is 0.886. The summed E-state index contributed by atoms with van der Waals surface area (Å²) in [7, 11) is 1.68. The van der Waals surface area contributed by atoms with Crippen LogP contribution in [-0.4, -0.2) is 41.8 Å². The molecule has 0 saturated carbocycles. The summed E-state index contributed by atoms with van der Waals surface area (Å²) in [6, 6.07) is 12.3. The number of carbonyl (C=O) groups excluding carboxylic acids is 2. The zero-order chi connectivity index (χ0) is 19.3. The first-order chi connectivity index (χ1) is 13.1. The fourth-order valence-corrected chi connectivity index (χ4v) is 4.04. The Morgan fingerprint density at radius 3 is 2.67 bits per heavy atom. The van der Waals surface area contributed by atoms with Crippen LogP contribution in [0.4, 0.5) is 0 Å². The molecule has 1 aromatic heterocycles. The highest BCUT2D eigenvalue weighted by molar-refractivity contribution is 5.84. The Hall–Kier alpha value is -2.69. The summed E-state index contributed by atoms with van der Waals surface area (Å²) in [6.07, 6.45) is 6.30. The molecule has 3 rings (SSSR count). The molecule has 0 spiro atoms. The molecule has 5 heteroatoms. The van der Waals surface area contributed by atoms with Crippen molar-refractivity contribution in [3.63, 3.8) is 0 Å². The summed E-state index contributed by atoms with van der Waals surface area (Å²) in [5.41, 5.74) is 2.75. The summed E-state index contributed by atoms with van der Waals surface area (Å²) in [5.74, 6) is 0.138. The van der Waals surface area contributed by atoms with Gasteiger partial charge in [-0.15, -0.1) is 0 Å². The molecule has 0 aliphatic carbocycles. The smallest absolute Gasteiger partial charge is 0.228 e. The van der Waals surface area contributed by atoms with Crippen molar-refractivity contribution >= 4 is 11.8 Å². The molecule has 142 valence electrons. The van der Waals surface area contributed by atoms with Crippen molar-refractivity contribution in [3.05, 3.63) is 54.4 Å². The van der Waals surface area contributed by atoms with E-state index < -0.39 is 5.41 Å². The molecule has 0 unspecified atom stereocenters. The minimum absolute atomic E-state index is 0.0189. The van der Waals surface area contributed by atoms with Gasteiger partial charge in [-0.1, -0.05) is 31.2 Å². The van der Waals surface area contributed by atoms with Gasteiger partial charge in [-0.2, -0.15) is 0 Å². The molecular formula is C22H27N3O2. The largest absolute Gasteiger partial charge is 0.359 e. The van der Waals surface area contributed by atoms with Crippen LogP contribution < -0.4 is 5.32 Å². The predicted octanol–water partition coefficient (Wildman–Crippen LogP) is 3.06. The summed E-state index contributed by atoms with van der Waals surface area (Å²) < 4.78 is 0. The summed E-state index contributed by atoms with van der Waals surface area (Å²) in [4.78, 5) is 31.0. The Balaban J connectivity index is 1.89. The van der Waals surface area contributed by atoms with Crippen molar-refractivity contribution in [2.45, 2.75) is 32.6 Å².